The molecule has 0 spiro atoms. The molecule has 1 atom stereocenters. The first-order valence-corrected chi connectivity index (χ1v) is 6.67. The van der Waals surface area contributed by atoms with Crippen LogP contribution in [0.25, 0.3) is 0 Å². The first-order chi connectivity index (χ1) is 7.10. The zero-order valence-electron chi connectivity index (χ0n) is 8.85. The van der Waals surface area contributed by atoms with Crippen molar-refractivity contribution in [1.29, 1.82) is 5.26 Å². The minimum absolute atomic E-state index is 0.0165. The number of ether oxygens (including phenoxy) is 1. The van der Waals surface area contributed by atoms with Crippen molar-refractivity contribution in [2.24, 2.45) is 0 Å². The first-order valence-electron chi connectivity index (χ1n) is 5.06. The summed E-state index contributed by atoms with van der Waals surface area (Å²) in [6, 6.07) is 1.68. The maximum atomic E-state index is 11.6. The zero-order valence-corrected chi connectivity index (χ0v) is 9.66. The topological polar surface area (TPSA) is 70.4 Å². The van der Waals surface area contributed by atoms with Crippen LogP contribution in [0.1, 0.15) is 19.8 Å². The predicted octanol–water partition coefficient (Wildman–Crippen LogP) is 0.341. The molecule has 0 amide bonds. The Balaban J connectivity index is 2.60. The van der Waals surface area contributed by atoms with Gasteiger partial charge >= 0.3 is 0 Å². The summed E-state index contributed by atoms with van der Waals surface area (Å²) in [5, 5.41) is 8.41. The van der Waals surface area contributed by atoms with Gasteiger partial charge < -0.3 is 4.74 Å². The maximum Gasteiger partial charge on any atom is 0.227 e. The van der Waals surface area contributed by atoms with Crippen molar-refractivity contribution in [2.75, 3.05) is 25.4 Å². The van der Waals surface area contributed by atoms with E-state index in [2.05, 4.69) is 0 Å². The summed E-state index contributed by atoms with van der Waals surface area (Å²) in [6.45, 7) is 3.38. The van der Waals surface area contributed by atoms with Gasteiger partial charge in [0.15, 0.2) is 5.75 Å². The molecule has 5 nitrogen and oxygen atoms in total. The second-order valence-electron chi connectivity index (χ2n) is 3.49. The summed E-state index contributed by atoms with van der Waals surface area (Å²) in [6.07, 6.45) is 1.68. The minimum atomic E-state index is -3.39. The Morgan fingerprint density at radius 2 is 2.33 bits per heavy atom. The lowest BCUT2D eigenvalue weighted by molar-refractivity contribution is 0.0266. The van der Waals surface area contributed by atoms with Crippen LogP contribution in [0.15, 0.2) is 0 Å². The summed E-state index contributed by atoms with van der Waals surface area (Å²) < 4.78 is 29.9. The highest BCUT2D eigenvalue weighted by Gasteiger charge is 2.28. The standard InChI is InChI=1S/C9H16N2O3S/c1-2-14-9-4-3-6-11(8-9)15(12,13)7-5-10/h9H,2-4,6-8H2,1H3. The number of nitrogens with zero attached hydrogens (tertiary/aromatic N) is 2. The summed E-state index contributed by atoms with van der Waals surface area (Å²) in [7, 11) is -3.39. The van der Waals surface area contributed by atoms with Gasteiger partial charge in [-0.2, -0.15) is 9.57 Å². The highest BCUT2D eigenvalue weighted by molar-refractivity contribution is 7.89. The Bertz CT molecular complexity index is 332. The highest BCUT2D eigenvalue weighted by atomic mass is 32.2. The summed E-state index contributed by atoms with van der Waals surface area (Å²) >= 11 is 0. The van der Waals surface area contributed by atoms with Crippen LogP contribution in [0.2, 0.25) is 0 Å². The molecule has 1 heterocycles. The van der Waals surface area contributed by atoms with E-state index in [0.717, 1.165) is 12.8 Å². The SMILES string of the molecule is CCOC1CCCN(S(=O)(=O)CC#N)C1. The molecule has 0 N–H and O–H groups in total. The number of sulfonamides is 1. The van der Waals surface area contributed by atoms with Gasteiger partial charge in [0.25, 0.3) is 0 Å². The van der Waals surface area contributed by atoms with E-state index >= 15 is 0 Å². The fourth-order valence-corrected chi connectivity index (χ4v) is 2.85. The van der Waals surface area contributed by atoms with Crippen LogP contribution >= 0.6 is 0 Å². The molecule has 1 unspecified atom stereocenters. The van der Waals surface area contributed by atoms with Gasteiger partial charge in [-0.1, -0.05) is 0 Å². The molecule has 1 fully saturated rings. The zero-order chi connectivity index (χ0) is 11.3. The summed E-state index contributed by atoms with van der Waals surface area (Å²) in [4.78, 5) is 0. The quantitative estimate of drug-likeness (QED) is 0.701. The van der Waals surface area contributed by atoms with E-state index in [1.54, 1.807) is 6.07 Å². The largest absolute Gasteiger partial charge is 0.377 e. The Kier molecular flexibility index (Phi) is 4.51. The number of hydrogen-bond acceptors (Lipinski definition) is 4. The molecule has 0 aliphatic carbocycles. The average Bonchev–Trinajstić information content (AvgIpc) is 2.19. The van der Waals surface area contributed by atoms with Crippen LogP contribution in [0.3, 0.4) is 0 Å². The van der Waals surface area contributed by atoms with E-state index in [0.29, 0.717) is 19.7 Å². The smallest absolute Gasteiger partial charge is 0.227 e. The minimum Gasteiger partial charge on any atom is -0.377 e. The third-order valence-corrected chi connectivity index (χ3v) is 4.00. The summed E-state index contributed by atoms with van der Waals surface area (Å²) in [5.41, 5.74) is 0. The third-order valence-electron chi connectivity index (χ3n) is 2.38. The molecule has 0 aromatic carbocycles. The molecular formula is C9H16N2O3S. The lowest BCUT2D eigenvalue weighted by Crippen LogP contribution is -2.43. The predicted molar refractivity (Wildman–Crippen MR) is 55.6 cm³/mol. The fraction of sp³-hybridized carbons (Fsp3) is 0.889. The number of hydrogen-bond donors (Lipinski definition) is 0. The molecule has 1 saturated heterocycles. The third kappa shape index (κ3) is 3.45. The average molecular weight is 232 g/mol. The molecule has 1 aliphatic rings. The van der Waals surface area contributed by atoms with Crippen molar-refractivity contribution in [2.45, 2.75) is 25.9 Å². The van der Waals surface area contributed by atoms with E-state index in [1.807, 2.05) is 6.92 Å². The molecule has 0 bridgehead atoms. The molecule has 15 heavy (non-hydrogen) atoms. The molecular weight excluding hydrogens is 216 g/mol. The Morgan fingerprint density at radius 1 is 1.60 bits per heavy atom. The van der Waals surface area contributed by atoms with Crippen LogP contribution in [0, 0.1) is 11.3 Å². The van der Waals surface area contributed by atoms with E-state index in [1.165, 1.54) is 4.31 Å². The summed E-state index contributed by atoms with van der Waals surface area (Å²) in [5.74, 6) is -0.439. The lowest BCUT2D eigenvalue weighted by atomic mass is 10.1. The van der Waals surface area contributed by atoms with Gasteiger partial charge in [0.05, 0.1) is 12.2 Å². The lowest BCUT2D eigenvalue weighted by Gasteiger charge is -2.30. The van der Waals surface area contributed by atoms with E-state index < -0.39 is 15.8 Å². The van der Waals surface area contributed by atoms with Crippen molar-refractivity contribution in [3.05, 3.63) is 0 Å². The molecule has 0 aromatic rings. The Hall–Kier alpha value is -0.640. The van der Waals surface area contributed by atoms with Crippen LogP contribution in [0.4, 0.5) is 0 Å². The molecule has 86 valence electrons. The molecule has 6 heteroatoms. The van der Waals surface area contributed by atoms with Gasteiger partial charge in [-0.25, -0.2) is 8.42 Å². The van der Waals surface area contributed by atoms with Crippen LogP contribution < -0.4 is 0 Å². The second kappa shape index (κ2) is 5.45. The van der Waals surface area contributed by atoms with Crippen molar-refractivity contribution < 1.29 is 13.2 Å². The van der Waals surface area contributed by atoms with Crippen molar-refractivity contribution in [1.82, 2.24) is 4.31 Å². The van der Waals surface area contributed by atoms with Crippen molar-refractivity contribution >= 4 is 10.0 Å². The van der Waals surface area contributed by atoms with E-state index in [4.69, 9.17) is 10.00 Å². The Morgan fingerprint density at radius 3 is 2.93 bits per heavy atom. The van der Waals surface area contributed by atoms with Crippen molar-refractivity contribution in [3.8, 4) is 6.07 Å². The van der Waals surface area contributed by atoms with E-state index in [-0.39, 0.29) is 6.10 Å². The molecule has 1 aliphatic heterocycles. The van der Waals surface area contributed by atoms with Crippen LogP contribution in [-0.2, 0) is 14.8 Å². The van der Waals surface area contributed by atoms with Gasteiger partial charge in [0, 0.05) is 19.7 Å². The number of nitriles is 1. The molecule has 1 rings (SSSR count). The van der Waals surface area contributed by atoms with Gasteiger partial charge in [0.2, 0.25) is 10.0 Å². The first kappa shape index (κ1) is 12.4. The number of piperidine rings is 1. The number of rotatable bonds is 4. The van der Waals surface area contributed by atoms with Crippen LogP contribution in [-0.4, -0.2) is 44.3 Å². The normalized spacial score (nSPS) is 23.6. The van der Waals surface area contributed by atoms with Gasteiger partial charge in [-0.3, -0.25) is 0 Å². The monoisotopic (exact) mass is 232 g/mol. The van der Waals surface area contributed by atoms with Crippen molar-refractivity contribution in [3.63, 3.8) is 0 Å². The highest BCUT2D eigenvalue weighted by Crippen LogP contribution is 2.16. The maximum absolute atomic E-state index is 11.6. The Labute approximate surface area is 90.7 Å². The second-order valence-corrected chi connectivity index (χ2v) is 5.46. The fourth-order valence-electron chi connectivity index (χ4n) is 1.70. The van der Waals surface area contributed by atoms with Gasteiger partial charge in [-0.15, -0.1) is 0 Å². The van der Waals surface area contributed by atoms with Gasteiger partial charge in [-0.05, 0) is 19.8 Å². The van der Waals surface area contributed by atoms with Gasteiger partial charge in [0.1, 0.15) is 0 Å². The molecule has 0 saturated carbocycles. The van der Waals surface area contributed by atoms with Crippen LogP contribution in [0.5, 0.6) is 0 Å². The molecule has 0 aromatic heterocycles. The van der Waals surface area contributed by atoms with E-state index in [9.17, 15) is 8.42 Å². The molecule has 0 radical (unpaired) electrons.